The number of carbonyl (C=O) groups excluding carboxylic acids is 2. The number of morpholine rings is 1. The SMILES string of the molecule is CCC(NC(=O)C(N)C(C)CC)C(=O)N1CCOCC1.Cl. The van der Waals surface area contributed by atoms with Gasteiger partial charge in [-0.1, -0.05) is 27.2 Å². The van der Waals surface area contributed by atoms with Crippen molar-refractivity contribution < 1.29 is 14.3 Å². The van der Waals surface area contributed by atoms with Gasteiger partial charge < -0.3 is 20.7 Å². The zero-order chi connectivity index (χ0) is 15.1. The Labute approximate surface area is 133 Å². The number of hydrogen-bond acceptors (Lipinski definition) is 4. The third-order valence-electron chi connectivity index (χ3n) is 3.91. The average Bonchev–Trinajstić information content (AvgIpc) is 2.50. The van der Waals surface area contributed by atoms with Crippen LogP contribution in [-0.2, 0) is 14.3 Å². The molecule has 0 saturated carbocycles. The molecule has 0 bridgehead atoms. The third-order valence-corrected chi connectivity index (χ3v) is 3.91. The monoisotopic (exact) mass is 321 g/mol. The van der Waals surface area contributed by atoms with Gasteiger partial charge >= 0.3 is 0 Å². The van der Waals surface area contributed by atoms with Crippen LogP contribution in [0.5, 0.6) is 0 Å². The highest BCUT2D eigenvalue weighted by atomic mass is 35.5. The Morgan fingerprint density at radius 1 is 1.24 bits per heavy atom. The minimum atomic E-state index is -0.563. The number of nitrogens with one attached hydrogen (secondary N) is 1. The minimum absolute atomic E-state index is 0. The Balaban J connectivity index is 0.00000400. The lowest BCUT2D eigenvalue weighted by atomic mass is 9.99. The number of amides is 2. The molecule has 2 amide bonds. The van der Waals surface area contributed by atoms with Crippen molar-refractivity contribution in [2.45, 2.75) is 45.7 Å². The number of ether oxygens (including phenoxy) is 1. The van der Waals surface area contributed by atoms with Gasteiger partial charge in [0.15, 0.2) is 0 Å². The van der Waals surface area contributed by atoms with Crippen molar-refractivity contribution in [3.63, 3.8) is 0 Å². The van der Waals surface area contributed by atoms with E-state index in [1.807, 2.05) is 20.8 Å². The van der Waals surface area contributed by atoms with Crippen LogP contribution in [0, 0.1) is 5.92 Å². The lowest BCUT2D eigenvalue weighted by Crippen LogP contribution is -2.55. The fraction of sp³-hybridized carbons (Fsp3) is 0.857. The molecular formula is C14H28ClN3O3. The maximum atomic E-state index is 12.3. The number of nitrogens with two attached hydrogens (primary N) is 1. The lowest BCUT2D eigenvalue weighted by Gasteiger charge is -2.31. The summed E-state index contributed by atoms with van der Waals surface area (Å²) < 4.78 is 5.23. The van der Waals surface area contributed by atoms with E-state index in [9.17, 15) is 9.59 Å². The highest BCUT2D eigenvalue weighted by molar-refractivity contribution is 5.89. The van der Waals surface area contributed by atoms with E-state index in [0.29, 0.717) is 32.7 Å². The van der Waals surface area contributed by atoms with Crippen molar-refractivity contribution in [2.75, 3.05) is 26.3 Å². The standard InChI is InChI=1S/C14H27N3O3.ClH/c1-4-10(3)12(15)13(18)16-11(5-2)14(19)17-6-8-20-9-7-17;/h10-12H,4-9,15H2,1-3H3,(H,16,18);1H. The largest absolute Gasteiger partial charge is 0.378 e. The predicted molar refractivity (Wildman–Crippen MR) is 84.3 cm³/mol. The molecule has 1 heterocycles. The molecule has 3 unspecified atom stereocenters. The van der Waals surface area contributed by atoms with Crippen LogP contribution >= 0.6 is 12.4 Å². The molecule has 0 radical (unpaired) electrons. The molecule has 0 aromatic heterocycles. The molecule has 124 valence electrons. The molecule has 21 heavy (non-hydrogen) atoms. The van der Waals surface area contributed by atoms with Gasteiger partial charge in [0.2, 0.25) is 11.8 Å². The summed E-state index contributed by atoms with van der Waals surface area (Å²) in [6.45, 7) is 8.11. The molecular weight excluding hydrogens is 294 g/mol. The van der Waals surface area contributed by atoms with Crippen LogP contribution in [0.15, 0.2) is 0 Å². The lowest BCUT2D eigenvalue weighted by molar-refractivity contribution is -0.140. The second kappa shape index (κ2) is 9.97. The molecule has 1 aliphatic rings. The van der Waals surface area contributed by atoms with E-state index in [1.54, 1.807) is 4.90 Å². The van der Waals surface area contributed by atoms with E-state index in [0.717, 1.165) is 6.42 Å². The summed E-state index contributed by atoms with van der Waals surface area (Å²) in [5.41, 5.74) is 5.90. The topological polar surface area (TPSA) is 84.7 Å². The molecule has 7 heteroatoms. The number of halogens is 1. The fourth-order valence-electron chi connectivity index (χ4n) is 2.12. The quantitative estimate of drug-likeness (QED) is 0.747. The van der Waals surface area contributed by atoms with Crippen molar-refractivity contribution in [1.29, 1.82) is 0 Å². The van der Waals surface area contributed by atoms with Crippen LogP contribution in [0.4, 0.5) is 0 Å². The van der Waals surface area contributed by atoms with Crippen LogP contribution in [0.2, 0.25) is 0 Å². The van der Waals surface area contributed by atoms with E-state index in [4.69, 9.17) is 10.5 Å². The molecule has 0 spiro atoms. The molecule has 6 nitrogen and oxygen atoms in total. The van der Waals surface area contributed by atoms with Gasteiger partial charge in [-0.2, -0.15) is 0 Å². The van der Waals surface area contributed by atoms with Gasteiger partial charge in [0.05, 0.1) is 19.3 Å². The Morgan fingerprint density at radius 2 is 1.81 bits per heavy atom. The Hall–Kier alpha value is -0.850. The zero-order valence-corrected chi connectivity index (χ0v) is 13.9. The molecule has 1 aliphatic heterocycles. The van der Waals surface area contributed by atoms with Gasteiger partial charge in [0.25, 0.3) is 0 Å². The smallest absolute Gasteiger partial charge is 0.245 e. The molecule has 1 saturated heterocycles. The second-order valence-corrected chi connectivity index (χ2v) is 5.32. The number of carbonyl (C=O) groups is 2. The van der Waals surface area contributed by atoms with E-state index in [2.05, 4.69) is 5.32 Å². The van der Waals surface area contributed by atoms with Crippen LogP contribution < -0.4 is 11.1 Å². The zero-order valence-electron chi connectivity index (χ0n) is 13.1. The number of hydrogen-bond donors (Lipinski definition) is 2. The summed E-state index contributed by atoms with van der Waals surface area (Å²) in [4.78, 5) is 26.2. The van der Waals surface area contributed by atoms with Crippen LogP contribution in [-0.4, -0.2) is 55.1 Å². The maximum Gasteiger partial charge on any atom is 0.245 e. The van der Waals surface area contributed by atoms with Gasteiger partial charge in [0, 0.05) is 13.1 Å². The first-order chi connectivity index (χ1) is 9.51. The van der Waals surface area contributed by atoms with Gasteiger partial charge in [-0.25, -0.2) is 0 Å². The first-order valence-corrected chi connectivity index (χ1v) is 7.43. The summed E-state index contributed by atoms with van der Waals surface area (Å²) in [5, 5.41) is 2.78. The summed E-state index contributed by atoms with van der Waals surface area (Å²) in [6.07, 6.45) is 1.40. The normalized spacial score (nSPS) is 19.1. The Morgan fingerprint density at radius 3 is 2.29 bits per heavy atom. The van der Waals surface area contributed by atoms with Crippen LogP contribution in [0.3, 0.4) is 0 Å². The highest BCUT2D eigenvalue weighted by Crippen LogP contribution is 2.08. The van der Waals surface area contributed by atoms with Crippen molar-refractivity contribution in [2.24, 2.45) is 11.7 Å². The van der Waals surface area contributed by atoms with E-state index < -0.39 is 12.1 Å². The Kier molecular flexibility index (Phi) is 9.57. The van der Waals surface area contributed by atoms with Gasteiger partial charge in [-0.05, 0) is 12.3 Å². The second-order valence-electron chi connectivity index (χ2n) is 5.32. The van der Waals surface area contributed by atoms with Crippen molar-refractivity contribution in [3.05, 3.63) is 0 Å². The van der Waals surface area contributed by atoms with Gasteiger partial charge in [-0.3, -0.25) is 9.59 Å². The summed E-state index contributed by atoms with van der Waals surface area (Å²) >= 11 is 0. The average molecular weight is 322 g/mol. The van der Waals surface area contributed by atoms with Crippen LogP contribution in [0.1, 0.15) is 33.6 Å². The molecule has 0 aliphatic carbocycles. The molecule has 0 aromatic carbocycles. The minimum Gasteiger partial charge on any atom is -0.378 e. The van der Waals surface area contributed by atoms with Gasteiger partial charge in [0.1, 0.15) is 6.04 Å². The fourth-order valence-corrected chi connectivity index (χ4v) is 2.12. The van der Waals surface area contributed by atoms with Gasteiger partial charge in [-0.15, -0.1) is 12.4 Å². The van der Waals surface area contributed by atoms with Crippen molar-refractivity contribution in [1.82, 2.24) is 10.2 Å². The van der Waals surface area contributed by atoms with E-state index >= 15 is 0 Å². The van der Waals surface area contributed by atoms with Crippen molar-refractivity contribution in [3.8, 4) is 0 Å². The summed E-state index contributed by atoms with van der Waals surface area (Å²) in [5.74, 6) is -0.181. The highest BCUT2D eigenvalue weighted by Gasteiger charge is 2.28. The first kappa shape index (κ1) is 20.1. The molecule has 1 rings (SSSR count). The maximum absolute atomic E-state index is 12.3. The number of rotatable bonds is 6. The molecule has 1 fully saturated rings. The molecule has 3 atom stereocenters. The summed E-state index contributed by atoms with van der Waals surface area (Å²) in [6, 6.07) is -1.05. The first-order valence-electron chi connectivity index (χ1n) is 7.43. The summed E-state index contributed by atoms with van der Waals surface area (Å²) in [7, 11) is 0. The molecule has 0 aromatic rings. The third kappa shape index (κ3) is 5.80. The molecule has 3 N–H and O–H groups in total. The Bertz CT molecular complexity index is 335. The van der Waals surface area contributed by atoms with Crippen LogP contribution in [0.25, 0.3) is 0 Å². The number of nitrogens with zero attached hydrogens (tertiary/aromatic N) is 1. The van der Waals surface area contributed by atoms with E-state index in [1.165, 1.54) is 0 Å². The van der Waals surface area contributed by atoms with E-state index in [-0.39, 0.29) is 30.1 Å². The predicted octanol–water partition coefficient (Wildman–Crippen LogP) is 0.535. The van der Waals surface area contributed by atoms with Crippen molar-refractivity contribution >= 4 is 24.2 Å².